The number of anilines is 2. The summed E-state index contributed by atoms with van der Waals surface area (Å²) in [7, 11) is 2.07. The lowest BCUT2D eigenvalue weighted by Gasteiger charge is -2.27. The van der Waals surface area contributed by atoms with Crippen molar-refractivity contribution in [2.75, 3.05) is 17.7 Å². The highest BCUT2D eigenvalue weighted by Crippen LogP contribution is 2.16. The number of nitrogen functional groups attached to an aromatic ring is 1. The summed E-state index contributed by atoms with van der Waals surface area (Å²) in [6.07, 6.45) is 2.26. The van der Waals surface area contributed by atoms with Crippen molar-refractivity contribution in [3.8, 4) is 0 Å². The second-order valence-electron chi connectivity index (χ2n) is 3.50. The smallest absolute Gasteiger partial charge is 0.130 e. The molecule has 0 fully saturated rings. The van der Waals surface area contributed by atoms with Crippen LogP contribution in [0, 0.1) is 0 Å². The van der Waals surface area contributed by atoms with E-state index in [1.807, 2.05) is 18.2 Å². The van der Waals surface area contributed by atoms with Crippen molar-refractivity contribution in [2.24, 2.45) is 0 Å². The van der Waals surface area contributed by atoms with E-state index in [1.54, 1.807) is 0 Å². The molecule has 0 bridgehead atoms. The van der Waals surface area contributed by atoms with Crippen LogP contribution in [0.2, 0.25) is 0 Å². The first-order valence-corrected chi connectivity index (χ1v) is 5.14. The zero-order chi connectivity index (χ0) is 10.6. The molecule has 78 valence electrons. The highest BCUT2D eigenvalue weighted by atomic mass is 15.2. The molecule has 1 aromatic heterocycles. The van der Waals surface area contributed by atoms with Crippen LogP contribution >= 0.6 is 0 Å². The molecule has 0 saturated heterocycles. The normalized spacial score (nSPS) is 10.6. The summed E-state index contributed by atoms with van der Waals surface area (Å²) < 4.78 is 0. The van der Waals surface area contributed by atoms with Gasteiger partial charge in [0.1, 0.15) is 11.6 Å². The second-order valence-corrected chi connectivity index (χ2v) is 3.50. The Bertz CT molecular complexity index is 282. The summed E-state index contributed by atoms with van der Waals surface area (Å²) in [6, 6.07) is 6.29. The third-order valence-electron chi connectivity index (χ3n) is 2.61. The van der Waals surface area contributed by atoms with E-state index in [0.29, 0.717) is 11.9 Å². The SMILES string of the molecule is CCC(CC)N(C)c1cccc(N)n1. The molecule has 0 amide bonds. The number of nitrogens with two attached hydrogens (primary N) is 1. The van der Waals surface area contributed by atoms with Crippen LogP contribution in [0.4, 0.5) is 11.6 Å². The van der Waals surface area contributed by atoms with Gasteiger partial charge in [0.05, 0.1) is 0 Å². The molecule has 0 aliphatic heterocycles. The van der Waals surface area contributed by atoms with Crippen molar-refractivity contribution in [3.05, 3.63) is 18.2 Å². The molecule has 0 atom stereocenters. The Balaban J connectivity index is 2.82. The first kappa shape index (κ1) is 10.8. The van der Waals surface area contributed by atoms with E-state index in [1.165, 1.54) is 0 Å². The first-order chi connectivity index (χ1) is 6.69. The zero-order valence-corrected chi connectivity index (χ0v) is 9.20. The highest BCUT2D eigenvalue weighted by molar-refractivity contribution is 5.44. The zero-order valence-electron chi connectivity index (χ0n) is 9.20. The summed E-state index contributed by atoms with van der Waals surface area (Å²) in [5, 5.41) is 0. The summed E-state index contributed by atoms with van der Waals surface area (Å²) in [6.45, 7) is 4.38. The average molecular weight is 193 g/mol. The predicted octanol–water partition coefficient (Wildman–Crippen LogP) is 2.29. The molecule has 2 N–H and O–H groups in total. The van der Waals surface area contributed by atoms with E-state index in [9.17, 15) is 0 Å². The van der Waals surface area contributed by atoms with Crippen molar-refractivity contribution in [1.82, 2.24) is 4.98 Å². The Morgan fingerprint density at radius 1 is 1.36 bits per heavy atom. The van der Waals surface area contributed by atoms with E-state index in [4.69, 9.17) is 5.73 Å². The van der Waals surface area contributed by atoms with Gasteiger partial charge in [-0.25, -0.2) is 4.98 Å². The number of pyridine rings is 1. The highest BCUT2D eigenvalue weighted by Gasteiger charge is 2.11. The van der Waals surface area contributed by atoms with Gasteiger partial charge < -0.3 is 10.6 Å². The molecule has 0 unspecified atom stereocenters. The molecule has 0 aromatic carbocycles. The fourth-order valence-corrected chi connectivity index (χ4v) is 1.66. The van der Waals surface area contributed by atoms with Gasteiger partial charge in [-0.15, -0.1) is 0 Å². The Morgan fingerprint density at radius 2 is 2.00 bits per heavy atom. The van der Waals surface area contributed by atoms with Gasteiger partial charge in [-0.3, -0.25) is 0 Å². The molecular formula is C11H19N3. The van der Waals surface area contributed by atoms with Crippen LogP contribution in [0.15, 0.2) is 18.2 Å². The maximum Gasteiger partial charge on any atom is 0.130 e. The Kier molecular flexibility index (Phi) is 3.74. The fraction of sp³-hybridized carbons (Fsp3) is 0.545. The van der Waals surface area contributed by atoms with Crippen molar-refractivity contribution < 1.29 is 0 Å². The molecule has 3 heteroatoms. The molecule has 3 nitrogen and oxygen atoms in total. The second kappa shape index (κ2) is 4.84. The molecule has 14 heavy (non-hydrogen) atoms. The van der Waals surface area contributed by atoms with Gasteiger partial charge in [-0.05, 0) is 25.0 Å². The van der Waals surface area contributed by atoms with Crippen LogP contribution in [-0.4, -0.2) is 18.1 Å². The number of aromatic nitrogens is 1. The van der Waals surface area contributed by atoms with E-state index in [2.05, 4.69) is 30.8 Å². The van der Waals surface area contributed by atoms with Gasteiger partial charge in [0.15, 0.2) is 0 Å². The summed E-state index contributed by atoms with van der Waals surface area (Å²) in [5.41, 5.74) is 5.64. The molecule has 1 rings (SSSR count). The van der Waals surface area contributed by atoms with Gasteiger partial charge in [-0.2, -0.15) is 0 Å². The van der Waals surface area contributed by atoms with E-state index in [-0.39, 0.29) is 0 Å². The average Bonchev–Trinajstić information content (AvgIpc) is 2.19. The molecule has 0 aliphatic carbocycles. The summed E-state index contributed by atoms with van der Waals surface area (Å²) in [4.78, 5) is 6.48. The lowest BCUT2D eigenvalue weighted by molar-refractivity contribution is 0.587. The monoisotopic (exact) mass is 193 g/mol. The molecule has 0 radical (unpaired) electrons. The Morgan fingerprint density at radius 3 is 2.50 bits per heavy atom. The van der Waals surface area contributed by atoms with Crippen LogP contribution in [0.1, 0.15) is 26.7 Å². The van der Waals surface area contributed by atoms with Gasteiger partial charge in [-0.1, -0.05) is 19.9 Å². The molecule has 0 spiro atoms. The molecule has 0 aliphatic rings. The summed E-state index contributed by atoms with van der Waals surface area (Å²) in [5.74, 6) is 1.54. The lowest BCUT2D eigenvalue weighted by atomic mass is 10.1. The maximum atomic E-state index is 5.64. The van der Waals surface area contributed by atoms with E-state index in [0.717, 1.165) is 18.7 Å². The molecule has 1 aromatic rings. The predicted molar refractivity (Wildman–Crippen MR) is 61.4 cm³/mol. The maximum absolute atomic E-state index is 5.64. The first-order valence-electron chi connectivity index (χ1n) is 5.14. The fourth-order valence-electron chi connectivity index (χ4n) is 1.66. The minimum atomic E-state index is 0.546. The molecular weight excluding hydrogens is 174 g/mol. The minimum absolute atomic E-state index is 0.546. The summed E-state index contributed by atoms with van der Waals surface area (Å²) >= 11 is 0. The number of nitrogens with zero attached hydrogens (tertiary/aromatic N) is 2. The van der Waals surface area contributed by atoms with Gasteiger partial charge >= 0.3 is 0 Å². The Labute approximate surface area is 85.9 Å². The van der Waals surface area contributed by atoms with Crippen LogP contribution in [0.3, 0.4) is 0 Å². The quantitative estimate of drug-likeness (QED) is 0.797. The third-order valence-corrected chi connectivity index (χ3v) is 2.61. The van der Waals surface area contributed by atoms with Crippen molar-refractivity contribution in [2.45, 2.75) is 32.7 Å². The third kappa shape index (κ3) is 2.37. The van der Waals surface area contributed by atoms with Gasteiger partial charge in [0.2, 0.25) is 0 Å². The van der Waals surface area contributed by atoms with Crippen molar-refractivity contribution in [3.63, 3.8) is 0 Å². The van der Waals surface area contributed by atoms with Crippen molar-refractivity contribution >= 4 is 11.6 Å². The molecule has 1 heterocycles. The van der Waals surface area contributed by atoms with Crippen LogP contribution in [0.25, 0.3) is 0 Å². The van der Waals surface area contributed by atoms with Crippen LogP contribution in [0.5, 0.6) is 0 Å². The number of rotatable bonds is 4. The van der Waals surface area contributed by atoms with Crippen molar-refractivity contribution in [1.29, 1.82) is 0 Å². The minimum Gasteiger partial charge on any atom is -0.384 e. The number of hydrogen-bond acceptors (Lipinski definition) is 3. The van der Waals surface area contributed by atoms with E-state index >= 15 is 0 Å². The van der Waals surface area contributed by atoms with Gasteiger partial charge in [0, 0.05) is 13.1 Å². The van der Waals surface area contributed by atoms with Crippen LogP contribution < -0.4 is 10.6 Å². The van der Waals surface area contributed by atoms with Crippen LogP contribution in [-0.2, 0) is 0 Å². The molecule has 0 saturated carbocycles. The number of hydrogen-bond donors (Lipinski definition) is 1. The standard InChI is InChI=1S/C11H19N3/c1-4-9(5-2)14(3)11-8-6-7-10(12)13-11/h6-9H,4-5H2,1-3H3,(H2,12,13). The van der Waals surface area contributed by atoms with Gasteiger partial charge in [0.25, 0.3) is 0 Å². The largest absolute Gasteiger partial charge is 0.384 e. The van der Waals surface area contributed by atoms with E-state index < -0.39 is 0 Å². The Hall–Kier alpha value is -1.25. The topological polar surface area (TPSA) is 42.1 Å². The lowest BCUT2D eigenvalue weighted by Crippen LogP contribution is -2.31.